The van der Waals surface area contributed by atoms with Crippen molar-refractivity contribution in [1.29, 1.82) is 0 Å². The van der Waals surface area contributed by atoms with Gasteiger partial charge in [-0.3, -0.25) is 4.79 Å². The van der Waals surface area contributed by atoms with Gasteiger partial charge in [0.05, 0.1) is 17.7 Å². The molecule has 0 saturated carbocycles. The van der Waals surface area contributed by atoms with Gasteiger partial charge in [-0.2, -0.15) is 0 Å². The molecule has 0 spiro atoms. The zero-order valence-corrected chi connectivity index (χ0v) is 16.7. The number of morpholine rings is 1. The topological polar surface area (TPSA) is 89.4 Å². The summed E-state index contributed by atoms with van der Waals surface area (Å²) in [6.45, 7) is 5.78. The fourth-order valence-corrected chi connectivity index (χ4v) is 4.04. The molecule has 0 aromatic heterocycles. The number of methoxy groups -OCH3 is 1. The standard InChI is InChI=1S/C17H27N3O5S/c1-12-9-20(10-13(2)25-12)11-17(21)18-15-8-14(6-7-16(15)24-5)26(22,23)19(3)4/h6-8,12-13H,9-11H2,1-5H3,(H,18,21)/p+1/t12-,13+. The van der Waals surface area contributed by atoms with Crippen LogP contribution in [0.5, 0.6) is 5.75 Å². The molecule has 0 aliphatic carbocycles. The highest BCUT2D eigenvalue weighted by molar-refractivity contribution is 7.89. The molecular formula is C17H28N3O5S+. The van der Waals surface area contributed by atoms with Crippen molar-refractivity contribution in [3.63, 3.8) is 0 Å². The van der Waals surface area contributed by atoms with E-state index in [-0.39, 0.29) is 29.6 Å². The van der Waals surface area contributed by atoms with Crippen molar-refractivity contribution >= 4 is 21.6 Å². The van der Waals surface area contributed by atoms with E-state index in [0.29, 0.717) is 11.4 Å². The second-order valence-corrected chi connectivity index (χ2v) is 8.94. The predicted octanol–water partition coefficient (Wildman–Crippen LogP) is -0.424. The van der Waals surface area contributed by atoms with Gasteiger partial charge in [-0.25, -0.2) is 12.7 Å². The highest BCUT2D eigenvalue weighted by Gasteiger charge is 2.27. The number of anilines is 1. The van der Waals surface area contributed by atoms with E-state index in [0.717, 1.165) is 22.3 Å². The third kappa shape index (κ3) is 4.94. The number of amides is 1. The highest BCUT2D eigenvalue weighted by atomic mass is 32.2. The molecule has 1 aromatic carbocycles. The number of carbonyl (C=O) groups is 1. The Morgan fingerprint density at radius 3 is 2.46 bits per heavy atom. The van der Waals surface area contributed by atoms with Gasteiger partial charge in [-0.15, -0.1) is 0 Å². The second-order valence-electron chi connectivity index (χ2n) is 6.79. The van der Waals surface area contributed by atoms with Gasteiger partial charge >= 0.3 is 0 Å². The number of hydrogen-bond acceptors (Lipinski definition) is 5. The maximum absolute atomic E-state index is 12.5. The van der Waals surface area contributed by atoms with E-state index >= 15 is 0 Å². The van der Waals surface area contributed by atoms with Gasteiger partial charge in [-0.05, 0) is 32.0 Å². The minimum atomic E-state index is -3.60. The summed E-state index contributed by atoms with van der Waals surface area (Å²) in [6.07, 6.45) is 0.203. The Morgan fingerprint density at radius 2 is 1.92 bits per heavy atom. The molecule has 1 heterocycles. The van der Waals surface area contributed by atoms with Gasteiger partial charge in [0.15, 0.2) is 6.54 Å². The summed E-state index contributed by atoms with van der Waals surface area (Å²) in [5.41, 5.74) is 0.342. The lowest BCUT2D eigenvalue weighted by Gasteiger charge is -2.31. The van der Waals surface area contributed by atoms with Crippen LogP contribution in [0.1, 0.15) is 13.8 Å². The monoisotopic (exact) mass is 386 g/mol. The first-order valence-electron chi connectivity index (χ1n) is 8.53. The summed E-state index contributed by atoms with van der Waals surface area (Å²) < 4.78 is 36.7. The quantitative estimate of drug-likeness (QED) is 0.693. The summed E-state index contributed by atoms with van der Waals surface area (Å²) in [4.78, 5) is 13.7. The van der Waals surface area contributed by atoms with Crippen LogP contribution in [0.25, 0.3) is 0 Å². The molecule has 0 bridgehead atoms. The molecule has 26 heavy (non-hydrogen) atoms. The molecule has 1 aliphatic heterocycles. The first-order chi connectivity index (χ1) is 12.1. The van der Waals surface area contributed by atoms with Crippen molar-refractivity contribution < 1.29 is 27.6 Å². The van der Waals surface area contributed by atoms with Crippen molar-refractivity contribution in [2.45, 2.75) is 31.0 Å². The molecule has 1 amide bonds. The number of nitrogens with one attached hydrogen (secondary N) is 2. The van der Waals surface area contributed by atoms with Gasteiger partial charge < -0.3 is 19.7 Å². The van der Waals surface area contributed by atoms with Gasteiger partial charge in [0, 0.05) is 14.1 Å². The number of sulfonamides is 1. The highest BCUT2D eigenvalue weighted by Crippen LogP contribution is 2.28. The summed E-state index contributed by atoms with van der Waals surface area (Å²) in [7, 11) is 0.797. The van der Waals surface area contributed by atoms with E-state index in [2.05, 4.69) is 5.32 Å². The Bertz CT molecular complexity index is 741. The van der Waals surface area contributed by atoms with Crippen LogP contribution in [0.4, 0.5) is 5.69 Å². The fraction of sp³-hybridized carbons (Fsp3) is 0.588. The first kappa shape index (κ1) is 20.6. The van der Waals surface area contributed by atoms with E-state index in [1.54, 1.807) is 0 Å². The van der Waals surface area contributed by atoms with Crippen LogP contribution in [0.3, 0.4) is 0 Å². The van der Waals surface area contributed by atoms with E-state index in [1.165, 1.54) is 39.4 Å². The van der Waals surface area contributed by atoms with Crippen LogP contribution < -0.4 is 15.0 Å². The van der Waals surface area contributed by atoms with Crippen molar-refractivity contribution in [2.24, 2.45) is 0 Å². The van der Waals surface area contributed by atoms with Crippen LogP contribution >= 0.6 is 0 Å². The maximum Gasteiger partial charge on any atom is 0.279 e. The largest absolute Gasteiger partial charge is 0.495 e. The number of rotatable bonds is 6. The lowest BCUT2D eigenvalue weighted by molar-refractivity contribution is -0.907. The number of benzene rings is 1. The molecule has 1 aromatic rings. The van der Waals surface area contributed by atoms with Gasteiger partial charge in [-0.1, -0.05) is 0 Å². The molecule has 1 aliphatic rings. The second kappa shape index (κ2) is 8.34. The minimum absolute atomic E-state index is 0.0968. The average molecular weight is 386 g/mol. The van der Waals surface area contributed by atoms with E-state index in [1.807, 2.05) is 13.8 Å². The van der Waals surface area contributed by atoms with E-state index in [9.17, 15) is 13.2 Å². The number of carbonyl (C=O) groups excluding carboxylic acids is 1. The molecule has 1 fully saturated rings. The van der Waals surface area contributed by atoms with Gasteiger partial charge in [0.2, 0.25) is 10.0 Å². The number of ether oxygens (including phenoxy) is 2. The Hall–Kier alpha value is -1.68. The Balaban J connectivity index is 2.15. The molecule has 2 N–H and O–H groups in total. The Labute approximate surface area is 155 Å². The van der Waals surface area contributed by atoms with Crippen LogP contribution in [0.15, 0.2) is 23.1 Å². The van der Waals surface area contributed by atoms with Crippen LogP contribution in [0.2, 0.25) is 0 Å². The predicted molar refractivity (Wildman–Crippen MR) is 98.1 cm³/mol. The van der Waals surface area contributed by atoms with Crippen LogP contribution in [-0.4, -0.2) is 71.7 Å². The van der Waals surface area contributed by atoms with Crippen molar-refractivity contribution in [3.05, 3.63) is 18.2 Å². The number of quaternary nitrogens is 1. The minimum Gasteiger partial charge on any atom is -0.495 e. The van der Waals surface area contributed by atoms with Crippen molar-refractivity contribution in [2.75, 3.05) is 46.2 Å². The fourth-order valence-electron chi connectivity index (χ4n) is 3.11. The first-order valence-corrected chi connectivity index (χ1v) is 9.97. The molecular weight excluding hydrogens is 358 g/mol. The third-order valence-electron chi connectivity index (χ3n) is 4.25. The normalized spacial score (nSPS) is 23.7. The summed E-state index contributed by atoms with van der Waals surface area (Å²) in [5.74, 6) is 0.216. The van der Waals surface area contributed by atoms with Gasteiger partial charge in [0.25, 0.3) is 5.91 Å². The smallest absolute Gasteiger partial charge is 0.279 e. The Kier molecular flexibility index (Phi) is 6.62. The SMILES string of the molecule is COc1ccc(S(=O)(=O)N(C)C)cc1NC(=O)C[NH+]1C[C@@H](C)O[C@@H](C)C1. The molecule has 9 heteroatoms. The van der Waals surface area contributed by atoms with E-state index < -0.39 is 10.0 Å². The Morgan fingerprint density at radius 1 is 1.31 bits per heavy atom. The summed E-state index contributed by atoms with van der Waals surface area (Å²) in [5, 5.41) is 2.78. The maximum atomic E-state index is 12.5. The molecule has 3 atom stereocenters. The lowest BCUT2D eigenvalue weighted by atomic mass is 10.2. The zero-order valence-electron chi connectivity index (χ0n) is 15.9. The van der Waals surface area contributed by atoms with Crippen molar-refractivity contribution in [1.82, 2.24) is 4.31 Å². The molecule has 0 radical (unpaired) electrons. The van der Waals surface area contributed by atoms with Gasteiger partial charge in [0.1, 0.15) is 31.0 Å². The number of hydrogen-bond donors (Lipinski definition) is 2. The zero-order chi connectivity index (χ0) is 19.5. The van der Waals surface area contributed by atoms with Crippen LogP contribution in [0, 0.1) is 0 Å². The molecule has 1 unspecified atom stereocenters. The third-order valence-corrected chi connectivity index (χ3v) is 6.06. The molecule has 1 saturated heterocycles. The average Bonchev–Trinajstić information content (AvgIpc) is 2.53. The lowest BCUT2D eigenvalue weighted by Crippen LogP contribution is -3.16. The van der Waals surface area contributed by atoms with Crippen molar-refractivity contribution in [3.8, 4) is 5.75 Å². The summed E-state index contributed by atoms with van der Waals surface area (Å²) >= 11 is 0. The number of nitrogens with zero attached hydrogens (tertiary/aromatic N) is 1. The molecule has 2 rings (SSSR count). The van der Waals surface area contributed by atoms with Crippen LogP contribution in [-0.2, 0) is 19.6 Å². The van der Waals surface area contributed by atoms with E-state index in [4.69, 9.17) is 9.47 Å². The summed E-state index contributed by atoms with van der Waals surface area (Å²) in [6, 6.07) is 4.42. The molecule has 146 valence electrons. The molecule has 8 nitrogen and oxygen atoms in total.